The largest absolute Gasteiger partial charge is 0.297 e. The minimum atomic E-state index is -3.66. The van der Waals surface area contributed by atoms with Gasteiger partial charge >= 0.3 is 0 Å². The molecule has 0 unspecified atom stereocenters. The number of carbonyl (C=O) groups is 1. The Labute approximate surface area is 169 Å². The SMILES string of the molecule is Cc1ccc(C(=O)Nc2nc3ccc(NS(=O)(=O)c4ccccc4)cc3s2)s1. The van der Waals surface area contributed by atoms with Crippen LogP contribution in [0.5, 0.6) is 0 Å². The maximum atomic E-state index is 12.5. The van der Waals surface area contributed by atoms with Gasteiger partial charge in [0.1, 0.15) is 0 Å². The predicted molar refractivity (Wildman–Crippen MR) is 114 cm³/mol. The van der Waals surface area contributed by atoms with Crippen molar-refractivity contribution in [1.82, 2.24) is 4.98 Å². The standard InChI is InChI=1S/C19H15N3O3S3/c1-12-7-10-16(26-12)18(23)21-19-20-15-9-8-13(11-17(15)27-19)22-28(24,25)14-5-3-2-4-6-14/h2-11,22H,1H3,(H,20,21,23). The fourth-order valence-electron chi connectivity index (χ4n) is 2.57. The number of nitrogens with one attached hydrogen (secondary N) is 2. The summed E-state index contributed by atoms with van der Waals surface area (Å²) in [6, 6.07) is 16.9. The van der Waals surface area contributed by atoms with Gasteiger partial charge in [-0.05, 0) is 49.4 Å². The summed E-state index contributed by atoms with van der Waals surface area (Å²) in [6.07, 6.45) is 0. The highest BCUT2D eigenvalue weighted by Crippen LogP contribution is 2.30. The molecule has 0 saturated heterocycles. The number of thiazole rings is 1. The Bertz CT molecular complexity index is 1260. The highest BCUT2D eigenvalue weighted by Gasteiger charge is 2.15. The van der Waals surface area contributed by atoms with Crippen molar-refractivity contribution in [3.63, 3.8) is 0 Å². The van der Waals surface area contributed by atoms with Crippen LogP contribution in [0.1, 0.15) is 14.5 Å². The molecule has 0 bridgehead atoms. The Hall–Kier alpha value is -2.75. The van der Waals surface area contributed by atoms with E-state index in [1.165, 1.54) is 34.8 Å². The molecule has 0 fully saturated rings. The molecule has 2 N–H and O–H groups in total. The lowest BCUT2D eigenvalue weighted by Gasteiger charge is -2.07. The molecule has 4 aromatic rings. The van der Waals surface area contributed by atoms with E-state index in [4.69, 9.17) is 0 Å². The van der Waals surface area contributed by atoms with E-state index in [0.717, 1.165) is 9.58 Å². The summed E-state index contributed by atoms with van der Waals surface area (Å²) in [5.41, 5.74) is 1.12. The van der Waals surface area contributed by atoms with Crippen LogP contribution in [0.3, 0.4) is 0 Å². The van der Waals surface area contributed by atoms with Crippen LogP contribution in [0.15, 0.2) is 65.6 Å². The third-order valence-corrected chi connectivity index (χ3v) is 7.21. The van der Waals surface area contributed by atoms with Gasteiger partial charge in [-0.1, -0.05) is 29.5 Å². The van der Waals surface area contributed by atoms with E-state index in [1.54, 1.807) is 42.5 Å². The van der Waals surface area contributed by atoms with Gasteiger partial charge in [-0.25, -0.2) is 13.4 Å². The Morgan fingerprint density at radius 2 is 1.79 bits per heavy atom. The van der Waals surface area contributed by atoms with E-state index in [-0.39, 0.29) is 10.8 Å². The first-order valence-corrected chi connectivity index (χ1v) is 11.4. The quantitative estimate of drug-likeness (QED) is 0.480. The van der Waals surface area contributed by atoms with E-state index in [2.05, 4.69) is 15.0 Å². The number of amides is 1. The van der Waals surface area contributed by atoms with Crippen LogP contribution in [0.25, 0.3) is 10.2 Å². The number of aryl methyl sites for hydroxylation is 1. The zero-order valence-corrected chi connectivity index (χ0v) is 17.1. The first kappa shape index (κ1) is 18.6. The number of hydrogen-bond acceptors (Lipinski definition) is 6. The van der Waals surface area contributed by atoms with Gasteiger partial charge in [0, 0.05) is 4.88 Å². The molecule has 0 aliphatic carbocycles. The van der Waals surface area contributed by atoms with E-state index < -0.39 is 10.0 Å². The first-order valence-electron chi connectivity index (χ1n) is 8.27. The highest BCUT2D eigenvalue weighted by molar-refractivity contribution is 7.92. The van der Waals surface area contributed by atoms with E-state index in [1.807, 2.05) is 13.0 Å². The van der Waals surface area contributed by atoms with Crippen LogP contribution in [0.2, 0.25) is 0 Å². The van der Waals surface area contributed by atoms with Crippen molar-refractivity contribution in [2.45, 2.75) is 11.8 Å². The average Bonchev–Trinajstić information content (AvgIpc) is 3.27. The topological polar surface area (TPSA) is 88.2 Å². The number of aromatic nitrogens is 1. The van der Waals surface area contributed by atoms with Crippen LogP contribution in [-0.4, -0.2) is 19.3 Å². The van der Waals surface area contributed by atoms with E-state index in [0.29, 0.717) is 21.2 Å². The van der Waals surface area contributed by atoms with Crippen LogP contribution in [0, 0.1) is 6.92 Å². The number of thiophene rings is 1. The molecule has 2 heterocycles. The second-order valence-corrected chi connectivity index (χ2v) is 9.99. The van der Waals surface area contributed by atoms with Gasteiger partial charge in [-0.15, -0.1) is 11.3 Å². The van der Waals surface area contributed by atoms with Gasteiger partial charge in [-0.3, -0.25) is 14.8 Å². The van der Waals surface area contributed by atoms with Crippen LogP contribution in [-0.2, 0) is 10.0 Å². The summed E-state index contributed by atoms with van der Waals surface area (Å²) in [7, 11) is -3.66. The third-order valence-electron chi connectivity index (χ3n) is 3.88. The monoisotopic (exact) mass is 429 g/mol. The van der Waals surface area contributed by atoms with Gasteiger partial charge in [0.2, 0.25) is 0 Å². The molecule has 0 aliphatic heterocycles. The van der Waals surface area contributed by atoms with Gasteiger partial charge < -0.3 is 0 Å². The van der Waals surface area contributed by atoms with E-state index >= 15 is 0 Å². The molecule has 0 spiro atoms. The van der Waals surface area contributed by atoms with Crippen molar-refractivity contribution >= 4 is 59.6 Å². The second kappa shape index (κ2) is 7.34. The molecular formula is C19H15N3O3S3. The molecule has 4 rings (SSSR count). The molecule has 0 aliphatic rings. The maximum absolute atomic E-state index is 12.5. The Morgan fingerprint density at radius 3 is 2.50 bits per heavy atom. The minimum Gasteiger partial charge on any atom is -0.297 e. The van der Waals surface area contributed by atoms with Crippen LogP contribution in [0.4, 0.5) is 10.8 Å². The van der Waals surface area contributed by atoms with E-state index in [9.17, 15) is 13.2 Å². The first-order chi connectivity index (χ1) is 13.4. The third kappa shape index (κ3) is 3.91. The lowest BCUT2D eigenvalue weighted by Crippen LogP contribution is -2.12. The molecule has 9 heteroatoms. The normalized spacial score (nSPS) is 11.5. The summed E-state index contributed by atoms with van der Waals surface area (Å²) in [5, 5.41) is 3.26. The zero-order chi connectivity index (χ0) is 19.7. The van der Waals surface area contributed by atoms with Crippen molar-refractivity contribution < 1.29 is 13.2 Å². The summed E-state index contributed by atoms with van der Waals surface area (Å²) in [4.78, 5) is 18.6. The number of hydrogen-bond donors (Lipinski definition) is 2. The van der Waals surface area contributed by atoms with Crippen molar-refractivity contribution in [2.75, 3.05) is 10.0 Å². The number of carbonyl (C=O) groups excluding carboxylic acids is 1. The number of fused-ring (bicyclic) bond motifs is 1. The maximum Gasteiger partial charge on any atom is 0.267 e. The summed E-state index contributed by atoms with van der Waals surface area (Å²) >= 11 is 2.71. The number of anilines is 2. The Balaban J connectivity index is 1.56. The Morgan fingerprint density at radius 1 is 1.00 bits per heavy atom. The molecule has 0 atom stereocenters. The average molecular weight is 430 g/mol. The highest BCUT2D eigenvalue weighted by atomic mass is 32.2. The number of benzene rings is 2. The number of sulfonamides is 1. The summed E-state index contributed by atoms with van der Waals surface area (Å²) < 4.78 is 28.3. The molecule has 0 radical (unpaired) electrons. The van der Waals surface area contributed by atoms with Crippen LogP contribution >= 0.6 is 22.7 Å². The van der Waals surface area contributed by atoms with Crippen molar-refractivity contribution in [3.05, 3.63) is 70.4 Å². The summed E-state index contributed by atoms with van der Waals surface area (Å²) in [6.45, 7) is 1.94. The molecule has 1 amide bonds. The van der Waals surface area contributed by atoms with Crippen molar-refractivity contribution in [3.8, 4) is 0 Å². The minimum absolute atomic E-state index is 0.193. The molecule has 28 heavy (non-hydrogen) atoms. The molecule has 142 valence electrons. The lowest BCUT2D eigenvalue weighted by atomic mass is 10.3. The Kier molecular flexibility index (Phi) is 4.88. The van der Waals surface area contributed by atoms with Crippen molar-refractivity contribution in [2.24, 2.45) is 0 Å². The fourth-order valence-corrected chi connectivity index (χ4v) is 5.30. The number of nitrogens with zero attached hydrogens (tertiary/aromatic N) is 1. The van der Waals surface area contributed by atoms with Gasteiger partial charge in [0.15, 0.2) is 5.13 Å². The molecule has 2 aromatic heterocycles. The predicted octanol–water partition coefficient (Wildman–Crippen LogP) is 4.72. The molecule has 2 aromatic carbocycles. The second-order valence-electron chi connectivity index (χ2n) is 5.98. The van der Waals surface area contributed by atoms with Gasteiger partial charge in [-0.2, -0.15) is 0 Å². The van der Waals surface area contributed by atoms with Gasteiger partial charge in [0.25, 0.3) is 15.9 Å². The molecule has 0 saturated carbocycles. The zero-order valence-electron chi connectivity index (χ0n) is 14.7. The molecule has 6 nitrogen and oxygen atoms in total. The van der Waals surface area contributed by atoms with Crippen LogP contribution < -0.4 is 10.0 Å². The smallest absolute Gasteiger partial charge is 0.267 e. The van der Waals surface area contributed by atoms with Gasteiger partial charge in [0.05, 0.1) is 25.7 Å². The number of rotatable bonds is 5. The fraction of sp³-hybridized carbons (Fsp3) is 0.0526. The lowest BCUT2D eigenvalue weighted by molar-refractivity contribution is 0.103. The molecular weight excluding hydrogens is 414 g/mol. The van der Waals surface area contributed by atoms with Crippen molar-refractivity contribution in [1.29, 1.82) is 0 Å². The summed E-state index contributed by atoms with van der Waals surface area (Å²) in [5.74, 6) is -0.206.